The van der Waals surface area contributed by atoms with Gasteiger partial charge in [0.15, 0.2) is 0 Å². The number of rotatable bonds is 2. The summed E-state index contributed by atoms with van der Waals surface area (Å²) in [7, 11) is 0. The first kappa shape index (κ1) is 10.1. The summed E-state index contributed by atoms with van der Waals surface area (Å²) in [6.45, 7) is 0. The minimum Gasteiger partial charge on any atom is -0.327 e. The summed E-state index contributed by atoms with van der Waals surface area (Å²) >= 11 is 0. The average molecular weight is 205 g/mol. The van der Waals surface area contributed by atoms with Crippen LogP contribution in [0.25, 0.3) is 0 Å². The lowest BCUT2D eigenvalue weighted by atomic mass is 10.0. The maximum absolute atomic E-state index is 11.8. The minimum absolute atomic E-state index is 0.0154. The molecule has 0 aliphatic heterocycles. The van der Waals surface area contributed by atoms with Crippen molar-refractivity contribution in [2.75, 3.05) is 5.32 Å². The number of carbonyl (C=O) groups excluding carboxylic acids is 1. The number of nitrogens with two attached hydrogens (primary N) is 1. The predicted octanol–water partition coefficient (Wildman–Crippen LogP) is 1.15. The summed E-state index contributed by atoms with van der Waals surface area (Å²) in [5, 5.41) is 2.83. The van der Waals surface area contributed by atoms with E-state index in [9.17, 15) is 4.79 Å². The third-order valence-electron chi connectivity index (χ3n) is 2.84. The zero-order valence-corrected chi connectivity index (χ0v) is 8.52. The number of aromatic nitrogens is 1. The molecule has 1 aromatic rings. The average Bonchev–Trinajstić information content (AvgIpc) is 2.66. The highest BCUT2D eigenvalue weighted by Crippen LogP contribution is 2.25. The van der Waals surface area contributed by atoms with Crippen LogP contribution in [0, 0.1) is 5.92 Å². The molecule has 2 rings (SSSR count). The van der Waals surface area contributed by atoms with E-state index in [1.54, 1.807) is 18.5 Å². The fourth-order valence-corrected chi connectivity index (χ4v) is 1.99. The molecule has 0 spiro atoms. The van der Waals surface area contributed by atoms with Crippen LogP contribution in [0.3, 0.4) is 0 Å². The number of pyridine rings is 1. The van der Waals surface area contributed by atoms with Gasteiger partial charge >= 0.3 is 0 Å². The number of nitrogens with one attached hydrogen (secondary N) is 1. The zero-order chi connectivity index (χ0) is 10.7. The SMILES string of the molecule is NC1CCCC1C(=O)Nc1cccnc1. The number of amides is 1. The molecule has 1 saturated carbocycles. The topological polar surface area (TPSA) is 68.0 Å². The van der Waals surface area contributed by atoms with Gasteiger partial charge in [-0.25, -0.2) is 0 Å². The molecule has 1 fully saturated rings. The van der Waals surface area contributed by atoms with Crippen molar-refractivity contribution in [3.05, 3.63) is 24.5 Å². The molecule has 15 heavy (non-hydrogen) atoms. The van der Waals surface area contributed by atoms with Crippen LogP contribution >= 0.6 is 0 Å². The smallest absolute Gasteiger partial charge is 0.229 e. The van der Waals surface area contributed by atoms with E-state index in [2.05, 4.69) is 10.3 Å². The number of hydrogen-bond acceptors (Lipinski definition) is 3. The number of nitrogens with zero attached hydrogens (tertiary/aromatic N) is 1. The molecule has 0 radical (unpaired) electrons. The third-order valence-corrected chi connectivity index (χ3v) is 2.84. The van der Waals surface area contributed by atoms with Gasteiger partial charge in [0.05, 0.1) is 17.8 Å². The Hall–Kier alpha value is -1.42. The Morgan fingerprint density at radius 3 is 3.00 bits per heavy atom. The van der Waals surface area contributed by atoms with Gasteiger partial charge in [0.25, 0.3) is 0 Å². The van der Waals surface area contributed by atoms with Gasteiger partial charge in [0.1, 0.15) is 0 Å². The van der Waals surface area contributed by atoms with Gasteiger partial charge in [0.2, 0.25) is 5.91 Å². The molecule has 4 heteroatoms. The Kier molecular flexibility index (Phi) is 2.97. The van der Waals surface area contributed by atoms with E-state index in [0.717, 1.165) is 24.9 Å². The van der Waals surface area contributed by atoms with Crippen molar-refractivity contribution >= 4 is 11.6 Å². The second-order valence-corrected chi connectivity index (χ2v) is 3.93. The van der Waals surface area contributed by atoms with E-state index in [0.29, 0.717) is 0 Å². The van der Waals surface area contributed by atoms with E-state index < -0.39 is 0 Å². The van der Waals surface area contributed by atoms with Crippen molar-refractivity contribution in [3.63, 3.8) is 0 Å². The van der Waals surface area contributed by atoms with Crippen molar-refractivity contribution in [2.24, 2.45) is 11.7 Å². The quantitative estimate of drug-likeness (QED) is 0.761. The first-order valence-electron chi connectivity index (χ1n) is 5.24. The van der Waals surface area contributed by atoms with Crippen LogP contribution in [-0.2, 0) is 4.79 Å². The second kappa shape index (κ2) is 4.40. The van der Waals surface area contributed by atoms with Crippen LogP contribution in [0.1, 0.15) is 19.3 Å². The Morgan fingerprint density at radius 1 is 1.53 bits per heavy atom. The van der Waals surface area contributed by atoms with Crippen LogP contribution in [0.5, 0.6) is 0 Å². The molecular formula is C11H15N3O. The Balaban J connectivity index is 1.98. The molecule has 4 nitrogen and oxygen atoms in total. The van der Waals surface area contributed by atoms with Gasteiger partial charge in [-0.2, -0.15) is 0 Å². The lowest BCUT2D eigenvalue weighted by Crippen LogP contribution is -2.34. The van der Waals surface area contributed by atoms with Gasteiger partial charge < -0.3 is 11.1 Å². The van der Waals surface area contributed by atoms with E-state index >= 15 is 0 Å². The molecule has 1 heterocycles. The van der Waals surface area contributed by atoms with E-state index in [4.69, 9.17) is 5.73 Å². The fourth-order valence-electron chi connectivity index (χ4n) is 1.99. The monoisotopic (exact) mass is 205 g/mol. The molecule has 0 aromatic carbocycles. The molecule has 1 aromatic heterocycles. The first-order valence-corrected chi connectivity index (χ1v) is 5.24. The molecule has 1 aliphatic carbocycles. The highest BCUT2D eigenvalue weighted by molar-refractivity contribution is 5.93. The zero-order valence-electron chi connectivity index (χ0n) is 8.52. The summed E-state index contributed by atoms with van der Waals surface area (Å²) in [6.07, 6.45) is 6.21. The lowest BCUT2D eigenvalue weighted by molar-refractivity contribution is -0.120. The second-order valence-electron chi connectivity index (χ2n) is 3.93. The molecule has 1 aliphatic rings. The molecule has 0 saturated heterocycles. The summed E-state index contributed by atoms with van der Waals surface area (Å²) < 4.78 is 0. The molecule has 80 valence electrons. The largest absolute Gasteiger partial charge is 0.327 e. The van der Waals surface area contributed by atoms with Crippen LogP contribution in [0.2, 0.25) is 0 Å². The van der Waals surface area contributed by atoms with Gasteiger partial charge in [-0.1, -0.05) is 6.42 Å². The maximum Gasteiger partial charge on any atom is 0.229 e. The molecule has 0 bridgehead atoms. The number of carbonyl (C=O) groups is 1. The Morgan fingerprint density at radius 2 is 2.40 bits per heavy atom. The Bertz CT molecular complexity index is 339. The molecule has 1 amide bonds. The molecule has 2 atom stereocenters. The van der Waals surface area contributed by atoms with Crippen molar-refractivity contribution in [1.82, 2.24) is 4.98 Å². The highest BCUT2D eigenvalue weighted by Gasteiger charge is 2.30. The van der Waals surface area contributed by atoms with Crippen LogP contribution in [0.4, 0.5) is 5.69 Å². The molecular weight excluding hydrogens is 190 g/mol. The Labute approximate surface area is 88.9 Å². The standard InChI is InChI=1S/C11H15N3O/c12-10-5-1-4-9(10)11(15)14-8-3-2-6-13-7-8/h2-3,6-7,9-10H,1,4-5,12H2,(H,14,15). The fraction of sp³-hybridized carbons (Fsp3) is 0.455. The number of hydrogen-bond donors (Lipinski definition) is 2. The van der Waals surface area contributed by atoms with E-state index in [1.807, 2.05) is 6.07 Å². The number of anilines is 1. The maximum atomic E-state index is 11.8. The van der Waals surface area contributed by atoms with Gasteiger partial charge in [-0.05, 0) is 25.0 Å². The summed E-state index contributed by atoms with van der Waals surface area (Å²) in [6, 6.07) is 3.64. The summed E-state index contributed by atoms with van der Waals surface area (Å²) in [5.74, 6) is -0.0155. The van der Waals surface area contributed by atoms with Crippen LogP contribution < -0.4 is 11.1 Å². The van der Waals surface area contributed by atoms with Gasteiger partial charge in [-0.15, -0.1) is 0 Å². The van der Waals surface area contributed by atoms with E-state index in [-0.39, 0.29) is 17.9 Å². The minimum atomic E-state index is -0.0368. The van der Waals surface area contributed by atoms with Gasteiger partial charge in [-0.3, -0.25) is 9.78 Å². The van der Waals surface area contributed by atoms with Crippen LogP contribution in [-0.4, -0.2) is 16.9 Å². The third kappa shape index (κ3) is 2.33. The van der Waals surface area contributed by atoms with Crippen molar-refractivity contribution in [3.8, 4) is 0 Å². The van der Waals surface area contributed by atoms with Crippen LogP contribution in [0.15, 0.2) is 24.5 Å². The summed E-state index contributed by atoms with van der Waals surface area (Å²) in [4.78, 5) is 15.7. The van der Waals surface area contributed by atoms with Gasteiger partial charge in [0, 0.05) is 12.2 Å². The highest BCUT2D eigenvalue weighted by atomic mass is 16.1. The molecule has 3 N–H and O–H groups in total. The van der Waals surface area contributed by atoms with Crippen molar-refractivity contribution in [1.29, 1.82) is 0 Å². The van der Waals surface area contributed by atoms with Crippen molar-refractivity contribution < 1.29 is 4.79 Å². The summed E-state index contributed by atoms with van der Waals surface area (Å²) in [5.41, 5.74) is 6.59. The molecule has 2 unspecified atom stereocenters. The normalized spacial score (nSPS) is 25.1. The predicted molar refractivity (Wildman–Crippen MR) is 58.2 cm³/mol. The lowest BCUT2D eigenvalue weighted by Gasteiger charge is -2.14. The van der Waals surface area contributed by atoms with Crippen molar-refractivity contribution in [2.45, 2.75) is 25.3 Å². The first-order chi connectivity index (χ1) is 7.27. The van der Waals surface area contributed by atoms with E-state index in [1.165, 1.54) is 0 Å².